The third-order valence-electron chi connectivity index (χ3n) is 4.20. The van der Waals surface area contributed by atoms with Crippen LogP contribution in [0.3, 0.4) is 0 Å². The van der Waals surface area contributed by atoms with Gasteiger partial charge >= 0.3 is 0 Å². The van der Waals surface area contributed by atoms with Gasteiger partial charge in [-0.1, -0.05) is 65.7 Å². The van der Waals surface area contributed by atoms with Gasteiger partial charge in [0.15, 0.2) is 0 Å². The first-order valence-electron chi connectivity index (χ1n) is 8.41. The van der Waals surface area contributed by atoms with E-state index in [1.165, 1.54) is 0 Å². The minimum Gasteiger partial charge on any atom is -0.324 e. The van der Waals surface area contributed by atoms with Gasteiger partial charge < -0.3 is 5.32 Å². The first-order chi connectivity index (χ1) is 13.2. The number of carbonyl (C=O) groups excluding carboxylic acids is 1. The average molecular weight is 437 g/mol. The van der Waals surface area contributed by atoms with Crippen molar-refractivity contribution >= 4 is 55.6 Å². The SMILES string of the molecule is CS(=O)(=O)N(CC(=O)Nc1cccc2ccccc12)Cc1ccc(Cl)c(Cl)c1. The van der Waals surface area contributed by atoms with Crippen molar-refractivity contribution < 1.29 is 13.2 Å². The smallest absolute Gasteiger partial charge is 0.239 e. The summed E-state index contributed by atoms with van der Waals surface area (Å²) in [6, 6.07) is 18.0. The van der Waals surface area contributed by atoms with Gasteiger partial charge in [-0.25, -0.2) is 8.42 Å². The summed E-state index contributed by atoms with van der Waals surface area (Å²) in [6.07, 6.45) is 1.07. The fourth-order valence-electron chi connectivity index (χ4n) is 2.82. The number of fused-ring (bicyclic) bond motifs is 1. The zero-order chi connectivity index (χ0) is 20.3. The topological polar surface area (TPSA) is 66.5 Å². The predicted octanol–water partition coefficient (Wildman–Crippen LogP) is 4.55. The lowest BCUT2D eigenvalue weighted by molar-refractivity contribution is -0.116. The summed E-state index contributed by atoms with van der Waals surface area (Å²) in [5.74, 6) is -0.429. The molecule has 0 atom stereocenters. The molecule has 1 amide bonds. The molecule has 0 fully saturated rings. The molecule has 0 bridgehead atoms. The lowest BCUT2D eigenvalue weighted by atomic mass is 10.1. The van der Waals surface area contributed by atoms with Crippen LogP contribution in [0.1, 0.15) is 5.56 Å². The largest absolute Gasteiger partial charge is 0.324 e. The van der Waals surface area contributed by atoms with Crippen LogP contribution >= 0.6 is 23.2 Å². The minimum atomic E-state index is -3.62. The van der Waals surface area contributed by atoms with Gasteiger partial charge in [0, 0.05) is 17.6 Å². The molecule has 0 radical (unpaired) electrons. The zero-order valence-corrected chi connectivity index (χ0v) is 17.4. The van der Waals surface area contributed by atoms with Crippen molar-refractivity contribution in [2.45, 2.75) is 6.54 Å². The van der Waals surface area contributed by atoms with E-state index in [-0.39, 0.29) is 13.1 Å². The molecule has 0 saturated carbocycles. The highest BCUT2D eigenvalue weighted by Gasteiger charge is 2.21. The summed E-state index contributed by atoms with van der Waals surface area (Å²) in [5, 5.41) is 5.37. The number of carbonyl (C=O) groups is 1. The number of nitrogens with zero attached hydrogens (tertiary/aromatic N) is 1. The van der Waals surface area contributed by atoms with E-state index in [0.717, 1.165) is 21.3 Å². The van der Waals surface area contributed by atoms with E-state index in [0.29, 0.717) is 21.3 Å². The number of rotatable bonds is 6. The summed E-state index contributed by atoms with van der Waals surface area (Å²) in [4.78, 5) is 12.6. The molecule has 8 heteroatoms. The first kappa shape index (κ1) is 20.6. The van der Waals surface area contributed by atoms with Gasteiger partial charge in [0.1, 0.15) is 0 Å². The van der Waals surface area contributed by atoms with Crippen LogP contribution < -0.4 is 5.32 Å². The highest BCUT2D eigenvalue weighted by Crippen LogP contribution is 2.25. The molecule has 1 N–H and O–H groups in total. The van der Waals surface area contributed by atoms with Crippen LogP contribution in [0.15, 0.2) is 60.7 Å². The number of hydrogen-bond acceptors (Lipinski definition) is 3. The van der Waals surface area contributed by atoms with Crippen LogP contribution in [0.25, 0.3) is 10.8 Å². The van der Waals surface area contributed by atoms with E-state index in [2.05, 4.69) is 5.32 Å². The molecule has 0 aliphatic rings. The van der Waals surface area contributed by atoms with E-state index in [9.17, 15) is 13.2 Å². The molecular formula is C20H18Cl2N2O3S. The summed E-state index contributed by atoms with van der Waals surface area (Å²) in [5.41, 5.74) is 1.27. The maximum atomic E-state index is 12.6. The normalized spacial score (nSPS) is 11.7. The van der Waals surface area contributed by atoms with Crippen LogP contribution in [-0.2, 0) is 21.4 Å². The molecule has 3 aromatic carbocycles. The third-order valence-corrected chi connectivity index (χ3v) is 6.13. The fourth-order valence-corrected chi connectivity index (χ4v) is 3.87. The molecule has 0 heterocycles. The molecule has 0 aromatic heterocycles. The quantitative estimate of drug-likeness (QED) is 0.616. The Balaban J connectivity index is 1.79. The van der Waals surface area contributed by atoms with E-state index in [1.807, 2.05) is 36.4 Å². The predicted molar refractivity (Wildman–Crippen MR) is 114 cm³/mol. The van der Waals surface area contributed by atoms with E-state index >= 15 is 0 Å². The second-order valence-electron chi connectivity index (χ2n) is 6.35. The number of amides is 1. The molecule has 3 aromatic rings. The van der Waals surface area contributed by atoms with E-state index in [1.54, 1.807) is 24.3 Å². The van der Waals surface area contributed by atoms with E-state index in [4.69, 9.17) is 23.2 Å². The number of benzene rings is 3. The van der Waals surface area contributed by atoms with Crippen LogP contribution in [-0.4, -0.2) is 31.4 Å². The summed E-state index contributed by atoms with van der Waals surface area (Å²) in [7, 11) is -3.62. The van der Waals surface area contributed by atoms with Gasteiger partial charge in [0.05, 0.1) is 22.8 Å². The summed E-state index contributed by atoms with van der Waals surface area (Å²) in [6.45, 7) is -0.305. The molecule has 0 aliphatic carbocycles. The maximum Gasteiger partial charge on any atom is 0.239 e. The monoisotopic (exact) mass is 436 g/mol. The molecule has 0 spiro atoms. The Hall–Kier alpha value is -2.12. The van der Waals surface area contributed by atoms with Crippen molar-refractivity contribution in [1.82, 2.24) is 4.31 Å². The lowest BCUT2D eigenvalue weighted by Crippen LogP contribution is -2.36. The van der Waals surface area contributed by atoms with Gasteiger partial charge in [-0.05, 0) is 29.1 Å². The molecule has 0 unspecified atom stereocenters. The van der Waals surface area contributed by atoms with Crippen molar-refractivity contribution in [3.8, 4) is 0 Å². The van der Waals surface area contributed by atoms with Gasteiger partial charge in [-0.15, -0.1) is 0 Å². The minimum absolute atomic E-state index is 0.0126. The maximum absolute atomic E-state index is 12.6. The number of sulfonamides is 1. The molecule has 146 valence electrons. The molecule has 0 saturated heterocycles. The molecular weight excluding hydrogens is 419 g/mol. The van der Waals surface area contributed by atoms with Crippen LogP contribution in [0.4, 0.5) is 5.69 Å². The van der Waals surface area contributed by atoms with E-state index < -0.39 is 15.9 Å². The Labute approximate surface area is 173 Å². The Bertz CT molecular complexity index is 1130. The van der Waals surface area contributed by atoms with Gasteiger partial charge in [-0.2, -0.15) is 4.31 Å². The summed E-state index contributed by atoms with van der Waals surface area (Å²) < 4.78 is 25.4. The number of halogens is 2. The van der Waals surface area contributed by atoms with Crippen LogP contribution in [0.2, 0.25) is 10.0 Å². The van der Waals surface area contributed by atoms with Crippen molar-refractivity contribution in [1.29, 1.82) is 0 Å². The number of nitrogens with one attached hydrogen (secondary N) is 1. The molecule has 28 heavy (non-hydrogen) atoms. The fraction of sp³-hybridized carbons (Fsp3) is 0.150. The Morgan fingerprint density at radius 1 is 1.00 bits per heavy atom. The Morgan fingerprint density at radius 3 is 2.43 bits per heavy atom. The second kappa shape index (κ2) is 8.49. The Morgan fingerprint density at radius 2 is 1.71 bits per heavy atom. The lowest BCUT2D eigenvalue weighted by Gasteiger charge is -2.20. The third kappa shape index (κ3) is 5.02. The van der Waals surface area contributed by atoms with Crippen molar-refractivity contribution in [3.05, 3.63) is 76.3 Å². The molecule has 5 nitrogen and oxygen atoms in total. The second-order valence-corrected chi connectivity index (χ2v) is 9.15. The van der Waals surface area contributed by atoms with Gasteiger partial charge in [0.2, 0.25) is 15.9 Å². The highest BCUT2D eigenvalue weighted by atomic mass is 35.5. The van der Waals surface area contributed by atoms with Crippen LogP contribution in [0, 0.1) is 0 Å². The zero-order valence-electron chi connectivity index (χ0n) is 15.0. The number of hydrogen-bond donors (Lipinski definition) is 1. The number of anilines is 1. The van der Waals surface area contributed by atoms with Crippen molar-refractivity contribution in [2.24, 2.45) is 0 Å². The highest BCUT2D eigenvalue weighted by molar-refractivity contribution is 7.88. The Kier molecular flexibility index (Phi) is 6.25. The average Bonchev–Trinajstić information content (AvgIpc) is 2.64. The van der Waals surface area contributed by atoms with Crippen molar-refractivity contribution in [2.75, 3.05) is 18.1 Å². The summed E-state index contributed by atoms with van der Waals surface area (Å²) >= 11 is 11.9. The molecule has 3 rings (SSSR count). The van der Waals surface area contributed by atoms with Crippen LogP contribution in [0.5, 0.6) is 0 Å². The molecule has 0 aliphatic heterocycles. The van der Waals surface area contributed by atoms with Crippen molar-refractivity contribution in [3.63, 3.8) is 0 Å². The van der Waals surface area contributed by atoms with Gasteiger partial charge in [-0.3, -0.25) is 4.79 Å². The standard InChI is InChI=1S/C20H18Cl2N2O3S/c1-28(26,27)24(12-14-9-10-17(21)18(22)11-14)13-20(25)23-19-8-4-6-15-5-2-3-7-16(15)19/h2-11H,12-13H2,1H3,(H,23,25). The first-order valence-corrected chi connectivity index (χ1v) is 11.0. The van der Waals surface area contributed by atoms with Gasteiger partial charge in [0.25, 0.3) is 0 Å².